The molecular weight excluding hydrogens is 488 g/mol. The fourth-order valence-corrected chi connectivity index (χ4v) is 3.98. The predicted molar refractivity (Wildman–Crippen MR) is 154 cm³/mol. The van der Waals surface area contributed by atoms with Crippen molar-refractivity contribution in [3.05, 3.63) is 69.8 Å². The first kappa shape index (κ1) is 34.5. The van der Waals surface area contributed by atoms with Crippen LogP contribution in [0.1, 0.15) is 83.7 Å². The molecule has 1 aromatic carbocycles. The molecule has 1 aliphatic heterocycles. The Morgan fingerprint density at radius 2 is 1.74 bits per heavy atom. The standard InChI is InChI=1S/C24H33BrN2O2.2C2H6.CH4/c1-17(16-18(2)23(25)10-13-26-4)19(3)27-14-11-21(12-15-27)20-6-8-22(9-7-20)24(28)29-5;2*1-2;/h6-10,16,19,21,26H,2,11-15H2,1,3-5H3;2*1-2H3;1H4/b17-16+,23-10+;;;. The fraction of sp³-hybridized carbons (Fsp3) is 0.552. The molecule has 1 heterocycles. The molecule has 1 aliphatic rings. The minimum Gasteiger partial charge on any atom is -0.465 e. The maximum Gasteiger partial charge on any atom is 0.337 e. The quantitative estimate of drug-likeness (QED) is 0.272. The first-order valence-corrected chi connectivity index (χ1v) is 13.0. The van der Waals surface area contributed by atoms with Gasteiger partial charge in [0, 0.05) is 17.1 Å². The second kappa shape index (κ2) is 19.6. The van der Waals surface area contributed by atoms with Crippen LogP contribution < -0.4 is 5.32 Å². The van der Waals surface area contributed by atoms with Gasteiger partial charge >= 0.3 is 5.97 Å². The van der Waals surface area contributed by atoms with Crippen molar-refractivity contribution in [1.82, 2.24) is 10.2 Å². The second-order valence-corrected chi connectivity index (χ2v) is 8.48. The number of carbonyl (C=O) groups excluding carboxylic acids is 1. The van der Waals surface area contributed by atoms with Crippen LogP contribution in [0.4, 0.5) is 0 Å². The summed E-state index contributed by atoms with van der Waals surface area (Å²) in [5.41, 5.74) is 4.25. The molecule has 4 nitrogen and oxygen atoms in total. The molecule has 0 saturated carbocycles. The average Bonchev–Trinajstić information content (AvgIpc) is 2.88. The van der Waals surface area contributed by atoms with Crippen LogP contribution in [0.15, 0.2) is 58.6 Å². The molecule has 1 unspecified atom stereocenters. The van der Waals surface area contributed by atoms with E-state index >= 15 is 0 Å². The molecule has 0 spiro atoms. The van der Waals surface area contributed by atoms with Crippen LogP contribution in [0.3, 0.4) is 0 Å². The lowest BCUT2D eigenvalue weighted by atomic mass is 9.88. The predicted octanol–water partition coefficient (Wildman–Crippen LogP) is 7.73. The van der Waals surface area contributed by atoms with Crippen molar-refractivity contribution in [2.45, 2.75) is 73.8 Å². The number of halogens is 1. The summed E-state index contributed by atoms with van der Waals surface area (Å²) < 4.78 is 5.81. The van der Waals surface area contributed by atoms with Crippen LogP contribution in [-0.2, 0) is 4.74 Å². The number of rotatable bonds is 8. The third kappa shape index (κ3) is 11.2. The van der Waals surface area contributed by atoms with Crippen molar-refractivity contribution in [1.29, 1.82) is 0 Å². The van der Waals surface area contributed by atoms with E-state index in [1.165, 1.54) is 18.2 Å². The van der Waals surface area contributed by atoms with Crippen LogP contribution in [0.25, 0.3) is 0 Å². The summed E-state index contributed by atoms with van der Waals surface area (Å²) in [5.74, 6) is 0.263. The van der Waals surface area contributed by atoms with E-state index in [1.54, 1.807) is 0 Å². The van der Waals surface area contributed by atoms with E-state index in [2.05, 4.69) is 70.9 Å². The fourth-order valence-electron chi connectivity index (χ4n) is 3.70. The van der Waals surface area contributed by atoms with Crippen molar-refractivity contribution in [3.63, 3.8) is 0 Å². The van der Waals surface area contributed by atoms with Crippen molar-refractivity contribution in [2.75, 3.05) is 33.8 Å². The van der Waals surface area contributed by atoms with E-state index in [0.717, 1.165) is 42.5 Å². The van der Waals surface area contributed by atoms with E-state index < -0.39 is 0 Å². The number of nitrogens with zero attached hydrogens (tertiary/aromatic N) is 1. The van der Waals surface area contributed by atoms with E-state index in [4.69, 9.17) is 4.74 Å². The third-order valence-electron chi connectivity index (χ3n) is 5.73. The summed E-state index contributed by atoms with van der Waals surface area (Å²) in [6, 6.07) is 8.27. The Kier molecular flexibility index (Phi) is 19.9. The molecule has 0 amide bonds. The molecule has 1 aromatic rings. The van der Waals surface area contributed by atoms with Crippen molar-refractivity contribution in [2.24, 2.45) is 0 Å². The van der Waals surface area contributed by atoms with Crippen molar-refractivity contribution >= 4 is 21.9 Å². The molecule has 0 bridgehead atoms. The van der Waals surface area contributed by atoms with Gasteiger partial charge in [-0.2, -0.15) is 0 Å². The van der Waals surface area contributed by atoms with E-state index in [-0.39, 0.29) is 13.4 Å². The van der Waals surface area contributed by atoms with Gasteiger partial charge in [0.25, 0.3) is 0 Å². The van der Waals surface area contributed by atoms with Gasteiger partial charge in [-0.15, -0.1) is 0 Å². The van der Waals surface area contributed by atoms with Crippen LogP contribution in [0.5, 0.6) is 0 Å². The van der Waals surface area contributed by atoms with Gasteiger partial charge in [0.2, 0.25) is 0 Å². The van der Waals surface area contributed by atoms with Crippen molar-refractivity contribution < 1.29 is 9.53 Å². The average molecular weight is 538 g/mol. The number of carbonyl (C=O) groups is 1. The summed E-state index contributed by atoms with van der Waals surface area (Å²) in [4.78, 5) is 14.1. The van der Waals surface area contributed by atoms with Crippen LogP contribution in [0, 0.1) is 0 Å². The Bertz CT molecular complexity index is 761. The summed E-state index contributed by atoms with van der Waals surface area (Å²) in [5, 5.41) is 3.11. The summed E-state index contributed by atoms with van der Waals surface area (Å²) >= 11 is 3.60. The summed E-state index contributed by atoms with van der Waals surface area (Å²) in [7, 11) is 3.34. The Morgan fingerprint density at radius 1 is 1.21 bits per heavy atom. The maximum atomic E-state index is 11.6. The second-order valence-electron chi connectivity index (χ2n) is 7.62. The van der Waals surface area contributed by atoms with Gasteiger partial charge in [0.15, 0.2) is 0 Å². The van der Waals surface area contributed by atoms with Gasteiger partial charge in [0.05, 0.1) is 12.7 Å². The zero-order chi connectivity index (χ0) is 25.4. The van der Waals surface area contributed by atoms with Gasteiger partial charge in [-0.05, 0) is 76.0 Å². The highest BCUT2D eigenvalue weighted by Gasteiger charge is 2.24. The normalized spacial score (nSPS) is 15.6. The number of piperidine rings is 1. The van der Waals surface area contributed by atoms with Gasteiger partial charge < -0.3 is 10.1 Å². The number of nitrogens with one attached hydrogen (secondary N) is 1. The van der Waals surface area contributed by atoms with Crippen molar-refractivity contribution in [3.8, 4) is 0 Å². The molecule has 1 atom stereocenters. The molecule has 34 heavy (non-hydrogen) atoms. The molecule has 0 aliphatic carbocycles. The minimum atomic E-state index is -0.281. The number of allylic oxidation sites excluding steroid dienone is 3. The molecule has 0 aromatic heterocycles. The van der Waals surface area contributed by atoms with Gasteiger partial charge in [-0.3, -0.25) is 4.90 Å². The number of ether oxygens (including phenoxy) is 1. The Labute approximate surface area is 218 Å². The smallest absolute Gasteiger partial charge is 0.337 e. The van der Waals surface area contributed by atoms with E-state index in [9.17, 15) is 4.79 Å². The topological polar surface area (TPSA) is 41.6 Å². The SMILES string of the molecule is C.C=C(/C=C(\C)C(C)N1CCC(c2ccc(C(=O)OC)cc2)CC1)/C(Br)=C\CNC.CC.CC. The maximum absolute atomic E-state index is 11.6. The molecule has 5 heteroatoms. The number of benzene rings is 1. The van der Waals surface area contributed by atoms with Gasteiger partial charge in [-0.25, -0.2) is 4.79 Å². The lowest BCUT2D eigenvalue weighted by Crippen LogP contribution is -2.40. The number of hydrogen-bond acceptors (Lipinski definition) is 4. The lowest BCUT2D eigenvalue weighted by molar-refractivity contribution is 0.0600. The van der Waals surface area contributed by atoms with E-state index in [1.807, 2.05) is 46.9 Å². The Balaban J connectivity index is 0. The highest BCUT2D eigenvalue weighted by Crippen LogP contribution is 2.30. The lowest BCUT2D eigenvalue weighted by Gasteiger charge is -2.37. The molecule has 194 valence electrons. The summed E-state index contributed by atoms with van der Waals surface area (Å²) in [6.45, 7) is 19.6. The largest absolute Gasteiger partial charge is 0.465 e. The Morgan fingerprint density at radius 3 is 2.21 bits per heavy atom. The van der Waals surface area contributed by atoms with Crippen LogP contribution in [-0.4, -0.2) is 50.7 Å². The number of likely N-dealkylation sites (N-methyl/N-ethyl adjacent to an activating group) is 1. The number of esters is 1. The zero-order valence-electron chi connectivity index (χ0n) is 22.0. The highest BCUT2D eigenvalue weighted by molar-refractivity contribution is 9.12. The zero-order valence-corrected chi connectivity index (χ0v) is 23.6. The molecule has 2 rings (SSSR count). The van der Waals surface area contributed by atoms with Gasteiger partial charge in [0.1, 0.15) is 0 Å². The Hall–Kier alpha value is -1.69. The van der Waals surface area contributed by atoms with Gasteiger partial charge in [-0.1, -0.05) is 87.5 Å². The van der Waals surface area contributed by atoms with Crippen LogP contribution in [0.2, 0.25) is 0 Å². The number of methoxy groups -OCH3 is 1. The highest BCUT2D eigenvalue weighted by atomic mass is 79.9. The monoisotopic (exact) mass is 536 g/mol. The molecular formula is C29H49BrN2O2. The number of hydrogen-bond donors (Lipinski definition) is 1. The molecule has 1 saturated heterocycles. The summed E-state index contributed by atoms with van der Waals surface area (Å²) in [6.07, 6.45) is 6.52. The van der Waals surface area contributed by atoms with E-state index in [0.29, 0.717) is 17.5 Å². The molecule has 1 fully saturated rings. The molecule has 1 N–H and O–H groups in total. The first-order valence-electron chi connectivity index (χ1n) is 12.2. The first-order chi connectivity index (χ1) is 15.9. The third-order valence-corrected chi connectivity index (χ3v) is 6.57. The van der Waals surface area contributed by atoms with Crippen LogP contribution >= 0.6 is 15.9 Å². The number of likely N-dealkylation sites (tertiary alicyclic amines) is 1. The minimum absolute atomic E-state index is 0. The molecule has 0 radical (unpaired) electrons.